The summed E-state index contributed by atoms with van der Waals surface area (Å²) >= 11 is 1.59. The molecule has 3 rings (SSSR count). The van der Waals surface area contributed by atoms with Crippen LogP contribution in [-0.2, 0) is 24.2 Å². The van der Waals surface area contributed by atoms with E-state index in [0.717, 1.165) is 39.1 Å². The van der Waals surface area contributed by atoms with Crippen LogP contribution in [0, 0.1) is 6.92 Å². The lowest BCUT2D eigenvalue weighted by Gasteiger charge is -2.06. The first kappa shape index (κ1) is 17.4. The molecule has 0 unspecified atom stereocenters. The first-order valence-corrected chi connectivity index (χ1v) is 9.16. The summed E-state index contributed by atoms with van der Waals surface area (Å²) in [5, 5.41) is 8.58. The number of imidazole rings is 1. The highest BCUT2D eigenvalue weighted by Gasteiger charge is 2.14. The van der Waals surface area contributed by atoms with Gasteiger partial charge in [-0.25, -0.2) is 9.50 Å². The number of aryl methyl sites for hydroxylation is 3. The van der Waals surface area contributed by atoms with Crippen LogP contribution in [0.5, 0.6) is 5.75 Å². The van der Waals surface area contributed by atoms with E-state index in [0.29, 0.717) is 19.4 Å². The number of aromatic nitrogens is 3. The number of ether oxygens (including phenoxy) is 1. The summed E-state index contributed by atoms with van der Waals surface area (Å²) in [4.78, 5) is 17.6. The second-order valence-corrected chi connectivity index (χ2v) is 6.85. The number of carbonyl (C=O) groups excluding carboxylic acids is 1. The van der Waals surface area contributed by atoms with Gasteiger partial charge >= 0.3 is 0 Å². The van der Waals surface area contributed by atoms with Crippen LogP contribution in [0.15, 0.2) is 24.3 Å². The molecule has 0 bridgehead atoms. The van der Waals surface area contributed by atoms with Crippen LogP contribution in [-0.4, -0.2) is 27.6 Å². The Labute approximate surface area is 150 Å². The molecule has 7 heteroatoms. The highest BCUT2D eigenvalue weighted by atomic mass is 32.1. The van der Waals surface area contributed by atoms with Crippen molar-refractivity contribution in [1.29, 1.82) is 0 Å². The van der Waals surface area contributed by atoms with Crippen LogP contribution < -0.4 is 10.1 Å². The smallest absolute Gasteiger partial charge is 0.220 e. The monoisotopic (exact) mass is 358 g/mol. The molecule has 25 heavy (non-hydrogen) atoms. The van der Waals surface area contributed by atoms with Gasteiger partial charge in [0.1, 0.15) is 10.8 Å². The average Bonchev–Trinajstić information content (AvgIpc) is 3.15. The zero-order valence-corrected chi connectivity index (χ0v) is 15.5. The lowest BCUT2D eigenvalue weighted by molar-refractivity contribution is -0.121. The quantitative estimate of drug-likeness (QED) is 0.705. The van der Waals surface area contributed by atoms with E-state index in [1.54, 1.807) is 18.4 Å². The molecule has 0 aliphatic carbocycles. The molecule has 2 heterocycles. The molecular weight excluding hydrogens is 336 g/mol. The standard InChI is InChI=1S/C18H22N4O2S/c1-4-17-21-22-15(12(2)20-18(22)25-17)11-19-16(23)10-7-13-5-8-14(24-3)9-6-13/h5-6,8-9H,4,7,10-11H2,1-3H3,(H,19,23). The van der Waals surface area contributed by atoms with Crippen molar-refractivity contribution < 1.29 is 9.53 Å². The number of rotatable bonds is 7. The Morgan fingerprint density at radius 1 is 1.32 bits per heavy atom. The summed E-state index contributed by atoms with van der Waals surface area (Å²) in [6.45, 7) is 4.47. The van der Waals surface area contributed by atoms with Crippen molar-refractivity contribution in [3.8, 4) is 5.75 Å². The van der Waals surface area contributed by atoms with Gasteiger partial charge in [0.25, 0.3) is 0 Å². The zero-order valence-electron chi connectivity index (χ0n) is 14.7. The van der Waals surface area contributed by atoms with Gasteiger partial charge < -0.3 is 10.1 Å². The van der Waals surface area contributed by atoms with E-state index >= 15 is 0 Å². The molecule has 1 N–H and O–H groups in total. The average molecular weight is 358 g/mol. The Bertz CT molecular complexity index is 867. The largest absolute Gasteiger partial charge is 0.497 e. The molecule has 0 aliphatic rings. The Balaban J connectivity index is 1.56. The number of nitrogens with one attached hydrogen (secondary N) is 1. The molecule has 0 saturated carbocycles. The molecular formula is C18H22N4O2S. The molecule has 6 nitrogen and oxygen atoms in total. The van der Waals surface area contributed by atoms with Crippen molar-refractivity contribution in [3.63, 3.8) is 0 Å². The molecule has 0 saturated heterocycles. The van der Waals surface area contributed by atoms with Gasteiger partial charge in [-0.3, -0.25) is 4.79 Å². The van der Waals surface area contributed by atoms with E-state index in [1.165, 1.54) is 0 Å². The third-order valence-electron chi connectivity index (χ3n) is 4.09. The molecule has 0 aliphatic heterocycles. The fraction of sp³-hybridized carbons (Fsp3) is 0.389. The van der Waals surface area contributed by atoms with E-state index < -0.39 is 0 Å². The summed E-state index contributed by atoms with van der Waals surface area (Å²) in [5.74, 6) is 0.847. The summed E-state index contributed by atoms with van der Waals surface area (Å²) in [7, 11) is 1.64. The van der Waals surface area contributed by atoms with Gasteiger partial charge in [0, 0.05) is 6.42 Å². The second kappa shape index (κ2) is 7.65. The van der Waals surface area contributed by atoms with E-state index in [-0.39, 0.29) is 5.91 Å². The van der Waals surface area contributed by atoms with Crippen molar-refractivity contribution in [3.05, 3.63) is 46.2 Å². The minimum Gasteiger partial charge on any atom is -0.497 e. The third kappa shape index (κ3) is 3.99. The number of hydrogen-bond acceptors (Lipinski definition) is 5. The summed E-state index contributed by atoms with van der Waals surface area (Å²) in [6, 6.07) is 7.79. The third-order valence-corrected chi connectivity index (χ3v) is 5.15. The van der Waals surface area contributed by atoms with Gasteiger partial charge in [0.2, 0.25) is 10.9 Å². The van der Waals surface area contributed by atoms with Gasteiger partial charge in [0.05, 0.1) is 25.0 Å². The molecule has 3 aromatic rings. The van der Waals surface area contributed by atoms with E-state index in [2.05, 4.69) is 22.3 Å². The predicted molar refractivity (Wildman–Crippen MR) is 98.1 cm³/mol. The number of benzene rings is 1. The van der Waals surface area contributed by atoms with Gasteiger partial charge in [-0.1, -0.05) is 30.4 Å². The Hall–Kier alpha value is -2.41. The van der Waals surface area contributed by atoms with E-state index in [9.17, 15) is 4.79 Å². The molecule has 132 valence electrons. The normalized spacial score (nSPS) is 11.0. The zero-order chi connectivity index (χ0) is 17.8. The number of amides is 1. The van der Waals surface area contributed by atoms with Crippen LogP contribution in [0.4, 0.5) is 0 Å². The van der Waals surface area contributed by atoms with Crippen molar-refractivity contribution in [2.45, 2.75) is 39.7 Å². The maximum atomic E-state index is 12.2. The lowest BCUT2D eigenvalue weighted by Crippen LogP contribution is -2.24. The fourth-order valence-electron chi connectivity index (χ4n) is 2.60. The SMILES string of the molecule is CCc1nn2c(CNC(=O)CCc3ccc(OC)cc3)c(C)nc2s1. The minimum absolute atomic E-state index is 0.0242. The van der Waals surface area contributed by atoms with Crippen LogP contribution >= 0.6 is 11.3 Å². The Kier molecular flexibility index (Phi) is 5.33. The van der Waals surface area contributed by atoms with Crippen molar-refractivity contribution in [1.82, 2.24) is 19.9 Å². The van der Waals surface area contributed by atoms with Gasteiger partial charge in [-0.15, -0.1) is 0 Å². The minimum atomic E-state index is 0.0242. The van der Waals surface area contributed by atoms with E-state index in [1.807, 2.05) is 35.7 Å². The Morgan fingerprint density at radius 3 is 2.76 bits per heavy atom. The van der Waals surface area contributed by atoms with Gasteiger partial charge in [-0.05, 0) is 37.5 Å². The van der Waals surface area contributed by atoms with Crippen LogP contribution in [0.1, 0.15) is 35.3 Å². The number of methoxy groups -OCH3 is 1. The maximum Gasteiger partial charge on any atom is 0.220 e. The molecule has 1 amide bonds. The molecule has 0 fully saturated rings. The van der Waals surface area contributed by atoms with Gasteiger partial charge in [-0.2, -0.15) is 5.10 Å². The lowest BCUT2D eigenvalue weighted by atomic mass is 10.1. The highest BCUT2D eigenvalue weighted by Crippen LogP contribution is 2.19. The highest BCUT2D eigenvalue weighted by molar-refractivity contribution is 7.16. The van der Waals surface area contributed by atoms with Crippen LogP contribution in [0.3, 0.4) is 0 Å². The first-order valence-electron chi connectivity index (χ1n) is 8.34. The number of hydrogen-bond donors (Lipinski definition) is 1. The molecule has 0 spiro atoms. The summed E-state index contributed by atoms with van der Waals surface area (Å²) < 4.78 is 6.99. The summed E-state index contributed by atoms with van der Waals surface area (Å²) in [6.07, 6.45) is 2.04. The first-order chi connectivity index (χ1) is 12.1. The van der Waals surface area contributed by atoms with Crippen LogP contribution in [0.2, 0.25) is 0 Å². The molecule has 0 radical (unpaired) electrons. The van der Waals surface area contributed by atoms with Crippen molar-refractivity contribution in [2.75, 3.05) is 7.11 Å². The molecule has 0 atom stereocenters. The van der Waals surface area contributed by atoms with Gasteiger partial charge in [0.15, 0.2) is 0 Å². The number of fused-ring (bicyclic) bond motifs is 1. The molecule has 2 aromatic heterocycles. The fourth-order valence-corrected chi connectivity index (χ4v) is 3.49. The maximum absolute atomic E-state index is 12.2. The van der Waals surface area contributed by atoms with Crippen molar-refractivity contribution >= 4 is 22.2 Å². The molecule has 1 aromatic carbocycles. The van der Waals surface area contributed by atoms with E-state index in [4.69, 9.17) is 4.74 Å². The second-order valence-electron chi connectivity index (χ2n) is 5.81. The summed E-state index contributed by atoms with van der Waals surface area (Å²) in [5.41, 5.74) is 2.98. The van der Waals surface area contributed by atoms with Crippen LogP contribution in [0.25, 0.3) is 4.96 Å². The Morgan fingerprint density at radius 2 is 2.08 bits per heavy atom. The predicted octanol–water partition coefficient (Wildman–Crippen LogP) is 2.92. The number of nitrogens with zero attached hydrogens (tertiary/aromatic N) is 3. The topological polar surface area (TPSA) is 68.5 Å². The number of carbonyl (C=O) groups is 1. The van der Waals surface area contributed by atoms with Crippen molar-refractivity contribution in [2.24, 2.45) is 0 Å².